The van der Waals surface area contributed by atoms with Gasteiger partial charge >= 0.3 is 0 Å². The Morgan fingerprint density at radius 3 is 1.44 bits per heavy atom. The Balaban J connectivity index is 3.38. The molecule has 156 valence electrons. The molecule has 0 aliphatic carbocycles. The first kappa shape index (κ1) is 23.3. The van der Waals surface area contributed by atoms with Gasteiger partial charge in [-0.1, -0.05) is 0 Å². The van der Waals surface area contributed by atoms with Crippen molar-refractivity contribution in [1.82, 2.24) is 9.97 Å². The summed E-state index contributed by atoms with van der Waals surface area (Å²) in [6.45, 7) is 5.53. The van der Waals surface area contributed by atoms with Crippen LogP contribution in [0.1, 0.15) is 13.8 Å². The Bertz CT molecular complexity index is 422. The molecular formula is C16H31N5O6. The number of hydroxylamine groups is 2. The zero-order chi connectivity index (χ0) is 20.1. The van der Waals surface area contributed by atoms with Crippen LogP contribution in [0.4, 0.5) is 17.6 Å². The SMILES string of the molecule is CCON(COC)c1cc(N(COC)OCC)nc(N(COC)COC)n1. The van der Waals surface area contributed by atoms with Crippen LogP contribution in [-0.4, -0.2) is 78.5 Å². The van der Waals surface area contributed by atoms with Gasteiger partial charge in [0.25, 0.3) is 0 Å². The second-order valence-electron chi connectivity index (χ2n) is 5.19. The molecule has 27 heavy (non-hydrogen) atoms. The molecule has 0 amide bonds. The van der Waals surface area contributed by atoms with Gasteiger partial charge in [-0.25, -0.2) is 10.1 Å². The molecule has 0 aliphatic heterocycles. The largest absolute Gasteiger partial charge is 0.364 e. The van der Waals surface area contributed by atoms with Crippen molar-refractivity contribution in [2.75, 3.05) is 83.6 Å². The van der Waals surface area contributed by atoms with Gasteiger partial charge in [-0.15, -0.1) is 0 Å². The zero-order valence-electron chi connectivity index (χ0n) is 17.0. The van der Waals surface area contributed by atoms with Gasteiger partial charge in [0.05, 0.1) is 13.2 Å². The monoisotopic (exact) mass is 389 g/mol. The quantitative estimate of drug-likeness (QED) is 0.320. The molecule has 0 saturated heterocycles. The van der Waals surface area contributed by atoms with Crippen molar-refractivity contribution in [1.29, 1.82) is 0 Å². The Hall–Kier alpha value is -1.76. The summed E-state index contributed by atoms with van der Waals surface area (Å²) in [6.07, 6.45) is 0. The Labute approximate surface area is 160 Å². The van der Waals surface area contributed by atoms with E-state index in [0.717, 1.165) is 0 Å². The lowest BCUT2D eigenvalue weighted by atomic mass is 10.5. The lowest BCUT2D eigenvalue weighted by Crippen LogP contribution is -2.33. The summed E-state index contributed by atoms with van der Waals surface area (Å²) in [5.41, 5.74) is 0. The number of hydrogen-bond acceptors (Lipinski definition) is 11. The van der Waals surface area contributed by atoms with Crippen molar-refractivity contribution in [3.8, 4) is 0 Å². The van der Waals surface area contributed by atoms with E-state index in [1.165, 1.54) is 10.1 Å². The van der Waals surface area contributed by atoms with E-state index >= 15 is 0 Å². The maximum Gasteiger partial charge on any atom is 0.233 e. The Kier molecular flexibility index (Phi) is 11.6. The molecule has 1 aromatic rings. The molecule has 0 saturated carbocycles. The predicted molar refractivity (Wildman–Crippen MR) is 100 cm³/mol. The van der Waals surface area contributed by atoms with Crippen molar-refractivity contribution in [2.45, 2.75) is 13.8 Å². The van der Waals surface area contributed by atoms with Gasteiger partial charge in [0.15, 0.2) is 11.6 Å². The number of methoxy groups -OCH3 is 4. The van der Waals surface area contributed by atoms with Gasteiger partial charge in [0.2, 0.25) is 5.95 Å². The summed E-state index contributed by atoms with van der Waals surface area (Å²) in [5.74, 6) is 1.38. The maximum atomic E-state index is 5.62. The topological polar surface area (TPSA) is 90.9 Å². The van der Waals surface area contributed by atoms with Crippen LogP contribution in [0.3, 0.4) is 0 Å². The highest BCUT2D eigenvalue weighted by Gasteiger charge is 2.20. The van der Waals surface area contributed by atoms with Crippen LogP contribution in [0, 0.1) is 0 Å². The van der Waals surface area contributed by atoms with Crippen LogP contribution >= 0.6 is 0 Å². The highest BCUT2D eigenvalue weighted by molar-refractivity contribution is 5.53. The average Bonchev–Trinajstić information content (AvgIpc) is 2.67. The molecule has 0 bridgehead atoms. The molecule has 0 radical (unpaired) electrons. The minimum atomic E-state index is 0.192. The van der Waals surface area contributed by atoms with Crippen molar-refractivity contribution in [2.24, 2.45) is 0 Å². The van der Waals surface area contributed by atoms with Crippen LogP contribution in [0.25, 0.3) is 0 Å². The number of anilines is 3. The van der Waals surface area contributed by atoms with Crippen LogP contribution in [0.15, 0.2) is 6.07 Å². The first-order chi connectivity index (χ1) is 13.1. The van der Waals surface area contributed by atoms with Crippen molar-refractivity contribution in [3.63, 3.8) is 0 Å². The fraction of sp³-hybridized carbons (Fsp3) is 0.750. The highest BCUT2D eigenvalue weighted by atomic mass is 16.7. The number of hydrogen-bond donors (Lipinski definition) is 0. The fourth-order valence-electron chi connectivity index (χ4n) is 2.16. The van der Waals surface area contributed by atoms with Crippen LogP contribution in [0.5, 0.6) is 0 Å². The summed E-state index contributed by atoms with van der Waals surface area (Å²) in [7, 11) is 6.33. The molecule has 0 atom stereocenters. The first-order valence-electron chi connectivity index (χ1n) is 8.55. The molecule has 0 N–H and O–H groups in total. The van der Waals surface area contributed by atoms with E-state index in [1.807, 2.05) is 13.8 Å². The van der Waals surface area contributed by atoms with E-state index in [1.54, 1.807) is 39.4 Å². The van der Waals surface area contributed by atoms with Crippen molar-refractivity contribution in [3.05, 3.63) is 6.07 Å². The normalized spacial score (nSPS) is 10.9. The molecular weight excluding hydrogens is 358 g/mol. The van der Waals surface area contributed by atoms with Gasteiger partial charge in [-0.05, 0) is 13.8 Å². The third-order valence-corrected chi connectivity index (χ3v) is 3.11. The third kappa shape index (κ3) is 7.40. The minimum Gasteiger partial charge on any atom is -0.364 e. The molecule has 0 spiro atoms. The summed E-state index contributed by atoms with van der Waals surface area (Å²) < 4.78 is 20.9. The smallest absolute Gasteiger partial charge is 0.233 e. The standard InChI is InChI=1S/C16H31N5O6/c1-7-26-20(12-24-5)14-9-15(21(13-25-6)27-8-2)18-16(17-14)19(10-22-3)11-23-4/h9H,7-8,10-13H2,1-6H3. The molecule has 11 nitrogen and oxygen atoms in total. The summed E-state index contributed by atoms with van der Waals surface area (Å²) >= 11 is 0. The van der Waals surface area contributed by atoms with E-state index in [9.17, 15) is 0 Å². The summed E-state index contributed by atoms with van der Waals surface area (Å²) in [5, 5.41) is 3.06. The number of aromatic nitrogens is 2. The van der Waals surface area contributed by atoms with E-state index in [0.29, 0.717) is 30.8 Å². The van der Waals surface area contributed by atoms with Gasteiger partial charge < -0.3 is 18.9 Å². The lowest BCUT2D eigenvalue weighted by Gasteiger charge is -2.27. The lowest BCUT2D eigenvalue weighted by molar-refractivity contribution is 0.0445. The molecule has 0 fully saturated rings. The zero-order valence-corrected chi connectivity index (χ0v) is 17.0. The minimum absolute atomic E-state index is 0.192. The first-order valence-corrected chi connectivity index (χ1v) is 8.55. The molecule has 1 rings (SSSR count). The molecule has 1 heterocycles. The van der Waals surface area contributed by atoms with Crippen LogP contribution in [-0.2, 0) is 28.6 Å². The second-order valence-corrected chi connectivity index (χ2v) is 5.19. The molecule has 0 unspecified atom stereocenters. The van der Waals surface area contributed by atoms with Gasteiger partial charge in [0, 0.05) is 34.5 Å². The average molecular weight is 389 g/mol. The number of nitrogens with zero attached hydrogens (tertiary/aromatic N) is 5. The summed E-state index contributed by atoms with van der Waals surface area (Å²) in [6, 6.07) is 1.73. The highest BCUT2D eigenvalue weighted by Crippen LogP contribution is 2.24. The third-order valence-electron chi connectivity index (χ3n) is 3.11. The second kappa shape index (κ2) is 13.4. The molecule has 1 aromatic heterocycles. The number of ether oxygens (including phenoxy) is 4. The van der Waals surface area contributed by atoms with E-state index in [4.69, 9.17) is 28.6 Å². The maximum absolute atomic E-state index is 5.62. The molecule has 0 aliphatic rings. The number of rotatable bonds is 15. The van der Waals surface area contributed by atoms with E-state index < -0.39 is 0 Å². The van der Waals surface area contributed by atoms with Crippen molar-refractivity contribution < 1.29 is 28.6 Å². The molecule has 0 aromatic carbocycles. The molecule has 11 heteroatoms. The van der Waals surface area contributed by atoms with E-state index in [2.05, 4.69) is 9.97 Å². The Morgan fingerprint density at radius 1 is 0.704 bits per heavy atom. The van der Waals surface area contributed by atoms with Crippen LogP contribution in [0.2, 0.25) is 0 Å². The fourth-order valence-corrected chi connectivity index (χ4v) is 2.16. The summed E-state index contributed by atoms with van der Waals surface area (Å²) in [4.78, 5) is 22.1. The van der Waals surface area contributed by atoms with Gasteiger partial charge in [-0.2, -0.15) is 9.97 Å². The Morgan fingerprint density at radius 2 is 1.11 bits per heavy atom. The van der Waals surface area contributed by atoms with Crippen molar-refractivity contribution >= 4 is 17.6 Å². The van der Waals surface area contributed by atoms with E-state index in [-0.39, 0.29) is 26.9 Å². The van der Waals surface area contributed by atoms with Crippen LogP contribution < -0.4 is 15.0 Å². The predicted octanol–water partition coefficient (Wildman–Crippen LogP) is 1.21. The van der Waals surface area contributed by atoms with Gasteiger partial charge in [-0.3, -0.25) is 14.6 Å². The van der Waals surface area contributed by atoms with Gasteiger partial charge in [0.1, 0.15) is 26.9 Å².